The lowest BCUT2D eigenvalue weighted by Crippen LogP contribution is -2.32. The zero-order valence-corrected chi connectivity index (χ0v) is 15.0. The van der Waals surface area contributed by atoms with Crippen LogP contribution in [0.1, 0.15) is 15.9 Å². The van der Waals surface area contributed by atoms with Gasteiger partial charge in [0, 0.05) is 23.9 Å². The van der Waals surface area contributed by atoms with Gasteiger partial charge < -0.3 is 10.1 Å². The molecule has 0 aliphatic heterocycles. The number of nitro groups is 1. The minimum atomic E-state index is -0.498. The molecule has 9 heteroatoms. The molecule has 0 atom stereocenters. The number of nitro benzene ring substituents is 1. The number of carbonyl (C=O) groups is 2. The van der Waals surface area contributed by atoms with Gasteiger partial charge in [-0.2, -0.15) is 0 Å². The van der Waals surface area contributed by atoms with Crippen LogP contribution in [0.2, 0.25) is 0 Å². The van der Waals surface area contributed by atoms with E-state index in [9.17, 15) is 19.7 Å². The Morgan fingerprint density at radius 1 is 1.11 bits per heavy atom. The molecule has 1 amide bonds. The van der Waals surface area contributed by atoms with Gasteiger partial charge in [0.05, 0.1) is 17.6 Å². The van der Waals surface area contributed by atoms with Crippen LogP contribution >= 0.6 is 12.2 Å². The van der Waals surface area contributed by atoms with Crippen molar-refractivity contribution in [3.05, 3.63) is 75.8 Å². The topological polar surface area (TPSA) is 111 Å². The number of thiocarbonyl (C=S) groups is 1. The lowest BCUT2D eigenvalue weighted by Gasteiger charge is -2.08. The lowest BCUT2D eigenvalue weighted by molar-refractivity contribution is -0.384. The maximum absolute atomic E-state index is 11.9. The fraction of sp³-hybridized carbons (Fsp3) is 0.0556. The van der Waals surface area contributed by atoms with Crippen molar-refractivity contribution in [2.75, 3.05) is 12.4 Å². The largest absolute Gasteiger partial charge is 0.465 e. The van der Waals surface area contributed by atoms with Crippen molar-refractivity contribution in [3.8, 4) is 0 Å². The first-order valence-corrected chi connectivity index (χ1v) is 8.03. The van der Waals surface area contributed by atoms with Gasteiger partial charge in [-0.3, -0.25) is 20.2 Å². The van der Waals surface area contributed by atoms with E-state index in [-0.39, 0.29) is 10.8 Å². The molecule has 8 nitrogen and oxygen atoms in total. The van der Waals surface area contributed by atoms with Crippen molar-refractivity contribution in [2.45, 2.75) is 0 Å². The minimum absolute atomic E-state index is 0.0276. The van der Waals surface area contributed by atoms with E-state index in [0.29, 0.717) is 16.8 Å². The summed E-state index contributed by atoms with van der Waals surface area (Å²) in [6, 6.07) is 12.1. The number of methoxy groups -OCH3 is 1. The van der Waals surface area contributed by atoms with Crippen LogP contribution < -0.4 is 10.6 Å². The van der Waals surface area contributed by atoms with Crippen molar-refractivity contribution < 1.29 is 19.2 Å². The minimum Gasteiger partial charge on any atom is -0.465 e. The third-order valence-corrected chi connectivity index (χ3v) is 3.54. The van der Waals surface area contributed by atoms with Crippen LogP contribution in [0, 0.1) is 10.1 Å². The summed E-state index contributed by atoms with van der Waals surface area (Å²) < 4.78 is 4.61. The zero-order chi connectivity index (χ0) is 19.8. The number of hydrogen-bond donors (Lipinski definition) is 2. The molecule has 0 spiro atoms. The summed E-state index contributed by atoms with van der Waals surface area (Å²) in [6.45, 7) is 0. The Bertz CT molecular complexity index is 892. The number of hydrogen-bond acceptors (Lipinski definition) is 6. The standard InChI is InChI=1S/C18H15N3O5S/c1-26-17(23)13-5-7-14(8-6-13)19-18(27)20-16(22)11-4-12-2-9-15(10-3-12)21(24)25/h2-11H,1H3,(H2,19,20,22,27). The summed E-state index contributed by atoms with van der Waals surface area (Å²) in [5, 5.41) is 16.0. The fourth-order valence-electron chi connectivity index (χ4n) is 2.00. The van der Waals surface area contributed by atoms with Crippen LogP contribution in [0.3, 0.4) is 0 Å². The average Bonchev–Trinajstić information content (AvgIpc) is 2.66. The van der Waals surface area contributed by atoms with Crippen LogP contribution in [0.15, 0.2) is 54.6 Å². The van der Waals surface area contributed by atoms with E-state index in [1.165, 1.54) is 43.5 Å². The summed E-state index contributed by atoms with van der Waals surface area (Å²) in [5.74, 6) is -0.911. The quantitative estimate of drug-likeness (QED) is 0.268. The number of nitrogens with zero attached hydrogens (tertiary/aromatic N) is 1. The predicted molar refractivity (Wildman–Crippen MR) is 104 cm³/mol. The highest BCUT2D eigenvalue weighted by Gasteiger charge is 2.06. The number of ether oxygens (including phenoxy) is 1. The van der Waals surface area contributed by atoms with E-state index >= 15 is 0 Å². The Hall–Kier alpha value is -3.59. The lowest BCUT2D eigenvalue weighted by atomic mass is 10.2. The first-order chi connectivity index (χ1) is 12.9. The number of benzene rings is 2. The Morgan fingerprint density at radius 3 is 2.30 bits per heavy atom. The second-order valence-corrected chi connectivity index (χ2v) is 5.60. The second-order valence-electron chi connectivity index (χ2n) is 5.19. The molecule has 0 heterocycles. The Morgan fingerprint density at radius 2 is 1.74 bits per heavy atom. The zero-order valence-electron chi connectivity index (χ0n) is 14.2. The van der Waals surface area contributed by atoms with Crippen LogP contribution in [0.4, 0.5) is 11.4 Å². The SMILES string of the molecule is COC(=O)c1ccc(NC(=S)NC(=O)C=Cc2ccc([N+](=O)[O-])cc2)cc1. The fourth-order valence-corrected chi connectivity index (χ4v) is 2.22. The molecule has 0 aromatic heterocycles. The van der Waals surface area contributed by atoms with Gasteiger partial charge in [-0.25, -0.2) is 4.79 Å². The summed E-state index contributed by atoms with van der Waals surface area (Å²) in [6.07, 6.45) is 2.77. The van der Waals surface area contributed by atoms with Gasteiger partial charge in [0.25, 0.3) is 5.69 Å². The number of nitrogens with one attached hydrogen (secondary N) is 2. The molecule has 2 aromatic rings. The van der Waals surface area contributed by atoms with Gasteiger partial charge in [-0.15, -0.1) is 0 Å². The Balaban J connectivity index is 1.88. The summed E-state index contributed by atoms with van der Waals surface area (Å²) in [4.78, 5) is 33.3. The maximum Gasteiger partial charge on any atom is 0.337 e. The number of non-ortho nitro benzene ring substituents is 1. The van der Waals surface area contributed by atoms with E-state index in [2.05, 4.69) is 15.4 Å². The highest BCUT2D eigenvalue weighted by molar-refractivity contribution is 7.80. The average molecular weight is 385 g/mol. The number of rotatable bonds is 5. The maximum atomic E-state index is 11.9. The molecule has 0 aliphatic carbocycles. The van der Waals surface area contributed by atoms with Crippen molar-refractivity contribution in [3.63, 3.8) is 0 Å². The Kier molecular flexibility index (Phi) is 6.73. The summed E-state index contributed by atoms with van der Waals surface area (Å²) in [7, 11) is 1.29. The van der Waals surface area contributed by atoms with Crippen LogP contribution in [0.5, 0.6) is 0 Å². The molecule has 0 saturated carbocycles. The molecule has 0 bridgehead atoms. The second kappa shape index (κ2) is 9.20. The molecule has 2 aromatic carbocycles. The van der Waals surface area contributed by atoms with Gasteiger partial charge in [0.1, 0.15) is 0 Å². The van der Waals surface area contributed by atoms with Crippen molar-refractivity contribution in [1.29, 1.82) is 0 Å². The number of amides is 1. The first kappa shape index (κ1) is 19.7. The van der Waals surface area contributed by atoms with Gasteiger partial charge in [-0.05, 0) is 60.3 Å². The molecule has 0 fully saturated rings. The van der Waals surface area contributed by atoms with Crippen LogP contribution in [-0.2, 0) is 9.53 Å². The third kappa shape index (κ3) is 6.01. The molecule has 27 heavy (non-hydrogen) atoms. The molecule has 0 unspecified atom stereocenters. The highest BCUT2D eigenvalue weighted by Crippen LogP contribution is 2.13. The first-order valence-electron chi connectivity index (χ1n) is 7.62. The number of carbonyl (C=O) groups excluding carboxylic acids is 2. The van der Waals surface area contributed by atoms with Crippen LogP contribution in [0.25, 0.3) is 6.08 Å². The molecule has 138 valence electrons. The highest BCUT2D eigenvalue weighted by atomic mass is 32.1. The van der Waals surface area contributed by atoms with Gasteiger partial charge in [-0.1, -0.05) is 0 Å². The molecular formula is C18H15N3O5S. The van der Waals surface area contributed by atoms with Gasteiger partial charge >= 0.3 is 5.97 Å². The number of anilines is 1. The van der Waals surface area contributed by atoms with E-state index in [1.807, 2.05) is 0 Å². The molecule has 0 radical (unpaired) electrons. The van der Waals surface area contributed by atoms with E-state index in [0.717, 1.165) is 0 Å². The normalized spacial score (nSPS) is 10.3. The molecule has 0 saturated heterocycles. The molecule has 0 aliphatic rings. The molecule has 2 rings (SSSR count). The van der Waals surface area contributed by atoms with Crippen molar-refractivity contribution in [2.24, 2.45) is 0 Å². The molecular weight excluding hydrogens is 370 g/mol. The van der Waals surface area contributed by atoms with E-state index in [4.69, 9.17) is 12.2 Å². The van der Waals surface area contributed by atoms with Gasteiger partial charge in [0.15, 0.2) is 5.11 Å². The van der Waals surface area contributed by atoms with Crippen molar-refractivity contribution >= 4 is 46.7 Å². The van der Waals surface area contributed by atoms with Crippen LogP contribution in [-0.4, -0.2) is 29.0 Å². The number of esters is 1. The third-order valence-electron chi connectivity index (χ3n) is 3.33. The van der Waals surface area contributed by atoms with E-state index in [1.54, 1.807) is 24.3 Å². The summed E-state index contributed by atoms with van der Waals surface area (Å²) >= 11 is 5.05. The smallest absolute Gasteiger partial charge is 0.337 e. The summed E-state index contributed by atoms with van der Waals surface area (Å²) in [5.41, 5.74) is 1.59. The van der Waals surface area contributed by atoms with Gasteiger partial charge in [0.2, 0.25) is 5.91 Å². The van der Waals surface area contributed by atoms with E-state index < -0.39 is 16.8 Å². The Labute approximate surface area is 160 Å². The van der Waals surface area contributed by atoms with Crippen molar-refractivity contribution in [1.82, 2.24) is 5.32 Å². The molecule has 2 N–H and O–H groups in total. The predicted octanol–water partition coefficient (Wildman–Crippen LogP) is 2.91. The monoisotopic (exact) mass is 385 g/mol.